The number of hydrogen-bond donors (Lipinski definition) is 3. The highest BCUT2D eigenvalue weighted by Gasteiger charge is 2.16. The van der Waals surface area contributed by atoms with Gasteiger partial charge in [0.05, 0.1) is 0 Å². The lowest BCUT2D eigenvalue weighted by molar-refractivity contribution is -0.138. The second-order valence-corrected chi connectivity index (χ2v) is 2.95. The molecule has 1 rings (SSSR count). The fraction of sp³-hybridized carbons (Fsp3) is 0.222. The van der Waals surface area contributed by atoms with Gasteiger partial charge in [-0.2, -0.15) is 0 Å². The van der Waals surface area contributed by atoms with E-state index < -0.39 is 12.0 Å². The van der Waals surface area contributed by atoms with E-state index in [0.29, 0.717) is 11.3 Å². The summed E-state index contributed by atoms with van der Waals surface area (Å²) in [6.45, 7) is 1.86. The number of anilines is 1. The number of carboxylic acids is 1. The number of aryl methyl sites for hydroxylation is 1. The molecule has 13 heavy (non-hydrogen) atoms. The van der Waals surface area contributed by atoms with E-state index in [1.54, 1.807) is 12.1 Å². The minimum Gasteiger partial charge on any atom is -0.480 e. The van der Waals surface area contributed by atoms with Gasteiger partial charge in [0.25, 0.3) is 0 Å². The van der Waals surface area contributed by atoms with Crippen LogP contribution in [0.5, 0.6) is 0 Å². The van der Waals surface area contributed by atoms with E-state index in [-0.39, 0.29) is 0 Å². The Kier molecular flexibility index (Phi) is 2.53. The fourth-order valence-electron chi connectivity index (χ4n) is 1.10. The fourth-order valence-corrected chi connectivity index (χ4v) is 1.10. The summed E-state index contributed by atoms with van der Waals surface area (Å²) in [5, 5.41) is 8.67. The highest BCUT2D eigenvalue weighted by molar-refractivity contribution is 5.77. The molecule has 1 aromatic rings. The number of carboxylic acid groups (broad SMARTS) is 1. The van der Waals surface area contributed by atoms with Crippen LogP contribution in [-0.2, 0) is 4.79 Å². The van der Waals surface area contributed by atoms with Crippen molar-refractivity contribution in [3.05, 3.63) is 29.3 Å². The van der Waals surface area contributed by atoms with Crippen LogP contribution >= 0.6 is 0 Å². The Bertz CT molecular complexity index is 336. The van der Waals surface area contributed by atoms with Crippen LogP contribution in [0.1, 0.15) is 17.2 Å². The number of aliphatic carboxylic acids is 1. The minimum atomic E-state index is -1.07. The zero-order chi connectivity index (χ0) is 10.0. The molecule has 0 heterocycles. The first-order chi connectivity index (χ1) is 6.02. The van der Waals surface area contributed by atoms with Crippen molar-refractivity contribution >= 4 is 11.7 Å². The maximum absolute atomic E-state index is 10.6. The van der Waals surface area contributed by atoms with Gasteiger partial charge in [0.15, 0.2) is 0 Å². The molecular formula is C9H12N2O2. The highest BCUT2D eigenvalue weighted by Crippen LogP contribution is 2.19. The molecule has 1 atom stereocenters. The molecule has 70 valence electrons. The third-order valence-corrected chi connectivity index (χ3v) is 1.84. The Morgan fingerprint density at radius 1 is 1.54 bits per heavy atom. The summed E-state index contributed by atoms with van der Waals surface area (Å²) in [5.41, 5.74) is 12.8. The molecule has 1 unspecified atom stereocenters. The SMILES string of the molecule is Cc1ccc(N)c(C(N)C(=O)O)c1. The van der Waals surface area contributed by atoms with E-state index in [0.717, 1.165) is 5.56 Å². The number of hydrogen-bond acceptors (Lipinski definition) is 3. The Balaban J connectivity index is 3.12. The van der Waals surface area contributed by atoms with E-state index in [1.807, 2.05) is 13.0 Å². The number of carbonyl (C=O) groups is 1. The quantitative estimate of drug-likeness (QED) is 0.583. The Labute approximate surface area is 76.2 Å². The van der Waals surface area contributed by atoms with Gasteiger partial charge in [-0.05, 0) is 13.0 Å². The van der Waals surface area contributed by atoms with Crippen molar-refractivity contribution in [3.63, 3.8) is 0 Å². The largest absolute Gasteiger partial charge is 0.480 e. The number of nitrogens with two attached hydrogens (primary N) is 2. The maximum atomic E-state index is 10.6. The molecule has 0 aromatic heterocycles. The highest BCUT2D eigenvalue weighted by atomic mass is 16.4. The van der Waals surface area contributed by atoms with Gasteiger partial charge in [-0.15, -0.1) is 0 Å². The first kappa shape index (κ1) is 9.54. The van der Waals surface area contributed by atoms with Crippen LogP contribution in [0.15, 0.2) is 18.2 Å². The second kappa shape index (κ2) is 3.45. The second-order valence-electron chi connectivity index (χ2n) is 2.95. The normalized spacial score (nSPS) is 12.5. The van der Waals surface area contributed by atoms with Crippen molar-refractivity contribution in [3.8, 4) is 0 Å². The first-order valence-electron chi connectivity index (χ1n) is 3.87. The molecule has 0 aliphatic heterocycles. The molecule has 0 amide bonds. The van der Waals surface area contributed by atoms with Gasteiger partial charge >= 0.3 is 5.97 Å². The van der Waals surface area contributed by atoms with Gasteiger partial charge in [-0.3, -0.25) is 4.79 Å². The molecule has 5 N–H and O–H groups in total. The lowest BCUT2D eigenvalue weighted by Gasteiger charge is -2.10. The van der Waals surface area contributed by atoms with Crippen LogP contribution in [0.4, 0.5) is 5.69 Å². The summed E-state index contributed by atoms with van der Waals surface area (Å²) in [6.07, 6.45) is 0. The molecule has 0 fully saturated rings. The molecule has 0 bridgehead atoms. The van der Waals surface area contributed by atoms with Crippen molar-refractivity contribution in [1.82, 2.24) is 0 Å². The molecule has 4 heteroatoms. The van der Waals surface area contributed by atoms with Crippen molar-refractivity contribution in [2.75, 3.05) is 5.73 Å². The Morgan fingerprint density at radius 2 is 2.15 bits per heavy atom. The van der Waals surface area contributed by atoms with Gasteiger partial charge < -0.3 is 16.6 Å². The molecule has 4 nitrogen and oxygen atoms in total. The van der Waals surface area contributed by atoms with Crippen LogP contribution in [0, 0.1) is 6.92 Å². The zero-order valence-electron chi connectivity index (χ0n) is 7.32. The van der Waals surface area contributed by atoms with E-state index in [9.17, 15) is 4.79 Å². The predicted molar refractivity (Wildman–Crippen MR) is 50.2 cm³/mol. The standard InChI is InChI=1S/C9H12N2O2/c1-5-2-3-7(10)6(4-5)8(11)9(12)13/h2-4,8H,10-11H2,1H3,(H,12,13). The molecule has 0 aliphatic carbocycles. The van der Waals surface area contributed by atoms with Gasteiger partial charge in [0, 0.05) is 11.3 Å². The molecular weight excluding hydrogens is 168 g/mol. The number of benzene rings is 1. The molecule has 1 aromatic carbocycles. The molecule has 0 spiro atoms. The topological polar surface area (TPSA) is 89.3 Å². The van der Waals surface area contributed by atoms with Crippen LogP contribution < -0.4 is 11.5 Å². The zero-order valence-corrected chi connectivity index (χ0v) is 7.32. The summed E-state index contributed by atoms with van der Waals surface area (Å²) in [7, 11) is 0. The maximum Gasteiger partial charge on any atom is 0.325 e. The van der Waals surface area contributed by atoms with Crippen LogP contribution in [0.25, 0.3) is 0 Å². The third kappa shape index (κ3) is 1.97. The Hall–Kier alpha value is -1.55. The number of rotatable bonds is 2. The molecule has 0 aliphatic rings. The average molecular weight is 180 g/mol. The Morgan fingerprint density at radius 3 is 2.69 bits per heavy atom. The van der Waals surface area contributed by atoms with Crippen molar-refractivity contribution in [2.45, 2.75) is 13.0 Å². The van der Waals surface area contributed by atoms with Crippen molar-refractivity contribution < 1.29 is 9.90 Å². The lowest BCUT2D eigenvalue weighted by atomic mass is 10.0. The minimum absolute atomic E-state index is 0.417. The van der Waals surface area contributed by atoms with Crippen LogP contribution in [0.2, 0.25) is 0 Å². The van der Waals surface area contributed by atoms with E-state index in [1.165, 1.54) is 0 Å². The average Bonchev–Trinajstić information content (AvgIpc) is 2.08. The summed E-state index contributed by atoms with van der Waals surface area (Å²) < 4.78 is 0. The van der Waals surface area contributed by atoms with Crippen LogP contribution in [0.3, 0.4) is 0 Å². The molecule has 0 radical (unpaired) electrons. The van der Waals surface area contributed by atoms with E-state index >= 15 is 0 Å². The van der Waals surface area contributed by atoms with Crippen LogP contribution in [-0.4, -0.2) is 11.1 Å². The third-order valence-electron chi connectivity index (χ3n) is 1.84. The summed E-state index contributed by atoms with van der Waals surface area (Å²) in [4.78, 5) is 10.6. The lowest BCUT2D eigenvalue weighted by Crippen LogP contribution is -2.21. The monoisotopic (exact) mass is 180 g/mol. The summed E-state index contributed by atoms with van der Waals surface area (Å²) >= 11 is 0. The molecule has 0 saturated heterocycles. The smallest absolute Gasteiger partial charge is 0.325 e. The van der Waals surface area contributed by atoms with Crippen molar-refractivity contribution in [2.24, 2.45) is 5.73 Å². The van der Waals surface area contributed by atoms with E-state index in [2.05, 4.69) is 0 Å². The number of nitrogen functional groups attached to an aromatic ring is 1. The van der Waals surface area contributed by atoms with Gasteiger partial charge in [-0.25, -0.2) is 0 Å². The summed E-state index contributed by atoms with van der Waals surface area (Å²) in [5.74, 6) is -1.07. The van der Waals surface area contributed by atoms with Gasteiger partial charge in [0.1, 0.15) is 6.04 Å². The summed E-state index contributed by atoms with van der Waals surface area (Å²) in [6, 6.07) is 4.12. The van der Waals surface area contributed by atoms with E-state index in [4.69, 9.17) is 16.6 Å². The predicted octanol–water partition coefficient (Wildman–Crippen LogP) is 0.662. The van der Waals surface area contributed by atoms with Crippen molar-refractivity contribution in [1.29, 1.82) is 0 Å². The molecule has 0 saturated carbocycles. The van der Waals surface area contributed by atoms with Gasteiger partial charge in [0.2, 0.25) is 0 Å². The van der Waals surface area contributed by atoms with Gasteiger partial charge in [-0.1, -0.05) is 17.7 Å². The first-order valence-corrected chi connectivity index (χ1v) is 3.87.